The third-order valence-corrected chi connectivity index (χ3v) is 7.10. The number of likely N-dealkylation sites (tertiary alicyclic amines) is 2. The molecule has 3 nitrogen and oxygen atoms in total. The SMILES string of the molecule is CN1CCC(c2cc(C(=O)N3CCCC4CCCC=C43)cs2)CC1. The fourth-order valence-corrected chi connectivity index (χ4v) is 5.58. The van der Waals surface area contributed by atoms with Gasteiger partial charge in [-0.3, -0.25) is 4.79 Å². The summed E-state index contributed by atoms with van der Waals surface area (Å²) in [5.41, 5.74) is 2.24. The second-order valence-corrected chi connectivity index (χ2v) is 8.61. The number of hydrogen-bond donors (Lipinski definition) is 0. The predicted octanol–water partition coefficient (Wildman–Crippen LogP) is 4.48. The maximum Gasteiger partial charge on any atom is 0.258 e. The molecule has 1 unspecified atom stereocenters. The van der Waals surface area contributed by atoms with E-state index in [1.165, 1.54) is 55.8 Å². The molecule has 0 bridgehead atoms. The van der Waals surface area contributed by atoms with Crippen LogP contribution >= 0.6 is 11.3 Å². The molecule has 0 radical (unpaired) electrons. The zero-order chi connectivity index (χ0) is 16.5. The Kier molecular flexibility index (Phi) is 4.77. The minimum absolute atomic E-state index is 0.239. The number of carbonyl (C=O) groups excluding carboxylic acids is 1. The van der Waals surface area contributed by atoms with Gasteiger partial charge in [-0.2, -0.15) is 0 Å². The first-order valence-corrected chi connectivity index (χ1v) is 10.4. The molecule has 24 heavy (non-hydrogen) atoms. The number of hydrogen-bond acceptors (Lipinski definition) is 3. The molecule has 0 N–H and O–H groups in total. The largest absolute Gasteiger partial charge is 0.312 e. The van der Waals surface area contributed by atoms with Gasteiger partial charge in [0.1, 0.15) is 0 Å². The van der Waals surface area contributed by atoms with Crippen molar-refractivity contribution in [1.29, 1.82) is 0 Å². The lowest BCUT2D eigenvalue weighted by atomic mass is 9.84. The highest BCUT2D eigenvalue weighted by molar-refractivity contribution is 7.10. The molecule has 1 aliphatic carbocycles. The molecule has 4 heteroatoms. The van der Waals surface area contributed by atoms with E-state index in [1.807, 2.05) is 0 Å². The van der Waals surface area contributed by atoms with E-state index in [0.29, 0.717) is 11.8 Å². The van der Waals surface area contributed by atoms with E-state index in [9.17, 15) is 4.79 Å². The maximum absolute atomic E-state index is 13.1. The Hall–Kier alpha value is -1.13. The second kappa shape index (κ2) is 7.01. The van der Waals surface area contributed by atoms with Crippen LogP contribution in [-0.2, 0) is 0 Å². The maximum atomic E-state index is 13.1. The van der Waals surface area contributed by atoms with Gasteiger partial charge in [-0.1, -0.05) is 6.08 Å². The van der Waals surface area contributed by atoms with Gasteiger partial charge >= 0.3 is 0 Å². The van der Waals surface area contributed by atoms with Gasteiger partial charge in [0.25, 0.3) is 5.91 Å². The lowest BCUT2D eigenvalue weighted by Gasteiger charge is -2.37. The summed E-state index contributed by atoms with van der Waals surface area (Å²) in [6, 6.07) is 2.19. The first-order valence-electron chi connectivity index (χ1n) is 9.51. The van der Waals surface area contributed by atoms with Crippen LogP contribution in [0.3, 0.4) is 0 Å². The lowest BCUT2D eigenvalue weighted by Crippen LogP contribution is -2.38. The summed E-state index contributed by atoms with van der Waals surface area (Å²) >= 11 is 1.79. The number of allylic oxidation sites excluding steroid dienone is 2. The molecule has 0 spiro atoms. The average molecular weight is 345 g/mol. The highest BCUT2D eigenvalue weighted by atomic mass is 32.1. The van der Waals surface area contributed by atoms with E-state index in [4.69, 9.17) is 0 Å². The van der Waals surface area contributed by atoms with E-state index in [2.05, 4.69) is 34.4 Å². The normalized spacial score (nSPS) is 26.1. The fourth-order valence-electron chi connectivity index (χ4n) is 4.52. The van der Waals surface area contributed by atoms with Crippen LogP contribution in [0.15, 0.2) is 23.2 Å². The highest BCUT2D eigenvalue weighted by Crippen LogP contribution is 2.37. The van der Waals surface area contributed by atoms with Crippen LogP contribution in [-0.4, -0.2) is 42.4 Å². The molecule has 2 fully saturated rings. The molecule has 4 rings (SSSR count). The zero-order valence-electron chi connectivity index (χ0n) is 14.7. The van der Waals surface area contributed by atoms with Gasteiger partial charge in [-0.05, 0) is 83.0 Å². The van der Waals surface area contributed by atoms with Crippen LogP contribution < -0.4 is 0 Å². The Morgan fingerprint density at radius 1 is 1.08 bits per heavy atom. The number of carbonyl (C=O) groups is 1. The Morgan fingerprint density at radius 2 is 1.88 bits per heavy atom. The van der Waals surface area contributed by atoms with Crippen LogP contribution in [0.2, 0.25) is 0 Å². The van der Waals surface area contributed by atoms with E-state index >= 15 is 0 Å². The van der Waals surface area contributed by atoms with Crippen LogP contribution in [0.4, 0.5) is 0 Å². The molecular formula is C20H28N2OS. The molecule has 0 aromatic carbocycles. The number of rotatable bonds is 2. The van der Waals surface area contributed by atoms with Crippen molar-refractivity contribution in [3.05, 3.63) is 33.7 Å². The van der Waals surface area contributed by atoms with Crippen molar-refractivity contribution >= 4 is 17.2 Å². The van der Waals surface area contributed by atoms with Gasteiger partial charge in [0, 0.05) is 22.5 Å². The third kappa shape index (κ3) is 3.18. The monoisotopic (exact) mass is 344 g/mol. The molecule has 1 aromatic rings. The Bertz CT molecular complexity index is 627. The number of thiophene rings is 1. The van der Waals surface area contributed by atoms with Crippen molar-refractivity contribution in [2.45, 2.75) is 50.9 Å². The molecular weight excluding hydrogens is 316 g/mol. The van der Waals surface area contributed by atoms with Gasteiger partial charge in [-0.15, -0.1) is 11.3 Å². The van der Waals surface area contributed by atoms with E-state index < -0.39 is 0 Å². The molecule has 1 amide bonds. The van der Waals surface area contributed by atoms with Gasteiger partial charge in [0.05, 0.1) is 5.56 Å². The average Bonchev–Trinajstić information content (AvgIpc) is 3.11. The second-order valence-electron chi connectivity index (χ2n) is 7.67. The minimum Gasteiger partial charge on any atom is -0.312 e. The van der Waals surface area contributed by atoms with Crippen molar-refractivity contribution in [2.24, 2.45) is 5.92 Å². The van der Waals surface area contributed by atoms with E-state index in [1.54, 1.807) is 11.3 Å². The number of amides is 1. The fraction of sp³-hybridized carbons (Fsp3) is 0.650. The molecule has 1 atom stereocenters. The van der Waals surface area contributed by atoms with Crippen molar-refractivity contribution < 1.29 is 4.79 Å². The molecule has 3 heterocycles. The van der Waals surface area contributed by atoms with Crippen LogP contribution in [0.5, 0.6) is 0 Å². The number of piperidine rings is 2. The first-order chi connectivity index (χ1) is 11.7. The summed E-state index contributed by atoms with van der Waals surface area (Å²) in [6.07, 6.45) is 10.9. The lowest BCUT2D eigenvalue weighted by molar-refractivity contribution is 0.0749. The molecule has 1 aromatic heterocycles. The smallest absolute Gasteiger partial charge is 0.258 e. The summed E-state index contributed by atoms with van der Waals surface area (Å²) in [4.78, 5) is 19.0. The summed E-state index contributed by atoms with van der Waals surface area (Å²) < 4.78 is 0. The minimum atomic E-state index is 0.239. The van der Waals surface area contributed by atoms with Crippen LogP contribution in [0.25, 0.3) is 0 Å². The molecule has 130 valence electrons. The first kappa shape index (κ1) is 16.3. The highest BCUT2D eigenvalue weighted by Gasteiger charge is 2.31. The number of fused-ring (bicyclic) bond motifs is 1. The van der Waals surface area contributed by atoms with Crippen LogP contribution in [0.1, 0.15) is 66.1 Å². The topological polar surface area (TPSA) is 23.6 Å². The predicted molar refractivity (Wildman–Crippen MR) is 99.5 cm³/mol. The Balaban J connectivity index is 1.49. The Morgan fingerprint density at radius 3 is 2.71 bits per heavy atom. The standard InChI is InChI=1S/C20H28N2OS/c1-21-11-8-16(9-12-21)19-13-17(14-24-19)20(23)22-10-4-6-15-5-2-3-7-18(15)22/h7,13-16H,2-6,8-12H2,1H3. The van der Waals surface area contributed by atoms with Crippen molar-refractivity contribution in [3.8, 4) is 0 Å². The summed E-state index contributed by atoms with van der Waals surface area (Å²) in [6.45, 7) is 3.25. The van der Waals surface area contributed by atoms with Gasteiger partial charge < -0.3 is 9.80 Å². The van der Waals surface area contributed by atoms with Crippen molar-refractivity contribution in [3.63, 3.8) is 0 Å². The molecule has 3 aliphatic rings. The van der Waals surface area contributed by atoms with Gasteiger partial charge in [0.15, 0.2) is 0 Å². The van der Waals surface area contributed by atoms with Gasteiger partial charge in [-0.25, -0.2) is 0 Å². The third-order valence-electron chi connectivity index (χ3n) is 6.01. The quantitative estimate of drug-likeness (QED) is 0.790. The zero-order valence-corrected chi connectivity index (χ0v) is 15.5. The molecule has 0 saturated carbocycles. The van der Waals surface area contributed by atoms with Gasteiger partial charge in [0.2, 0.25) is 0 Å². The number of nitrogens with zero attached hydrogens (tertiary/aromatic N) is 2. The molecule has 2 aliphatic heterocycles. The molecule has 2 saturated heterocycles. The summed E-state index contributed by atoms with van der Waals surface area (Å²) in [5.74, 6) is 1.52. The van der Waals surface area contributed by atoms with Crippen molar-refractivity contribution in [2.75, 3.05) is 26.7 Å². The van der Waals surface area contributed by atoms with Crippen LogP contribution in [0, 0.1) is 5.92 Å². The Labute approximate surface area is 149 Å². The van der Waals surface area contributed by atoms with Crippen molar-refractivity contribution in [1.82, 2.24) is 9.80 Å². The van der Waals surface area contributed by atoms with E-state index in [-0.39, 0.29) is 5.91 Å². The van der Waals surface area contributed by atoms with E-state index in [0.717, 1.165) is 24.9 Å². The summed E-state index contributed by atoms with van der Waals surface area (Å²) in [5, 5.41) is 2.10. The summed E-state index contributed by atoms with van der Waals surface area (Å²) in [7, 11) is 2.20.